The number of amides is 3. The van der Waals surface area contributed by atoms with Crippen LogP contribution < -0.4 is 4.90 Å². The molecule has 31 heavy (non-hydrogen) atoms. The van der Waals surface area contributed by atoms with Crippen molar-refractivity contribution in [3.05, 3.63) is 100 Å². The van der Waals surface area contributed by atoms with Gasteiger partial charge in [-0.2, -0.15) is 0 Å². The van der Waals surface area contributed by atoms with Gasteiger partial charge in [0, 0.05) is 11.6 Å². The van der Waals surface area contributed by atoms with E-state index in [0.29, 0.717) is 17.3 Å². The average Bonchev–Trinajstić information content (AvgIpc) is 2.92. The summed E-state index contributed by atoms with van der Waals surface area (Å²) in [7, 11) is 0. The van der Waals surface area contributed by atoms with Crippen molar-refractivity contribution in [1.82, 2.24) is 4.90 Å². The maximum Gasteiger partial charge on any atom is 0.332 e. The van der Waals surface area contributed by atoms with Crippen LogP contribution in [0.2, 0.25) is 5.02 Å². The molecule has 1 heterocycles. The molecule has 0 spiro atoms. The molecule has 4 rings (SSSR count). The molecule has 0 aliphatic carbocycles. The van der Waals surface area contributed by atoms with Gasteiger partial charge in [0.1, 0.15) is 5.54 Å². The van der Waals surface area contributed by atoms with Crippen LogP contribution in [0.25, 0.3) is 0 Å². The van der Waals surface area contributed by atoms with Gasteiger partial charge in [0.05, 0.1) is 5.69 Å². The number of anilines is 1. The van der Waals surface area contributed by atoms with Gasteiger partial charge in [-0.05, 0) is 61.6 Å². The van der Waals surface area contributed by atoms with Crippen molar-refractivity contribution in [1.29, 1.82) is 0 Å². The quantitative estimate of drug-likeness (QED) is 0.465. The van der Waals surface area contributed by atoms with Gasteiger partial charge in [-0.3, -0.25) is 4.79 Å². The molecule has 4 nitrogen and oxygen atoms in total. The molecule has 0 saturated carbocycles. The lowest BCUT2D eigenvalue weighted by Crippen LogP contribution is -2.43. The van der Waals surface area contributed by atoms with Gasteiger partial charge in [-0.15, -0.1) is 0 Å². The van der Waals surface area contributed by atoms with E-state index in [-0.39, 0.29) is 11.9 Å². The number of halogens is 1. The molecule has 0 unspecified atom stereocenters. The normalized spacial score (nSPS) is 15.6. The Morgan fingerprint density at radius 2 is 1.52 bits per heavy atom. The first-order valence-electron chi connectivity index (χ1n) is 10.3. The summed E-state index contributed by atoms with van der Waals surface area (Å²) in [6.07, 6.45) is 0.769. The van der Waals surface area contributed by atoms with Crippen molar-refractivity contribution in [2.45, 2.75) is 39.3 Å². The molecule has 3 aromatic carbocycles. The molecule has 0 atom stereocenters. The van der Waals surface area contributed by atoms with Crippen molar-refractivity contribution in [2.75, 3.05) is 4.90 Å². The van der Waals surface area contributed by atoms with E-state index in [9.17, 15) is 9.59 Å². The smallest absolute Gasteiger partial charge is 0.305 e. The van der Waals surface area contributed by atoms with Crippen LogP contribution in [0.5, 0.6) is 0 Å². The number of aryl methyl sites for hydroxylation is 1. The second-order valence-corrected chi connectivity index (χ2v) is 8.84. The van der Waals surface area contributed by atoms with E-state index in [1.54, 1.807) is 30.9 Å². The number of carbonyl (C=O) groups excluding carboxylic acids is 2. The van der Waals surface area contributed by atoms with Crippen molar-refractivity contribution >= 4 is 29.2 Å². The summed E-state index contributed by atoms with van der Waals surface area (Å²) in [5, 5.41) is 0.530. The van der Waals surface area contributed by atoms with Crippen LogP contribution in [0, 0.1) is 6.92 Å². The Morgan fingerprint density at radius 1 is 0.871 bits per heavy atom. The van der Waals surface area contributed by atoms with Crippen LogP contribution in [-0.4, -0.2) is 22.4 Å². The molecular weight excluding hydrogens is 408 g/mol. The van der Waals surface area contributed by atoms with E-state index in [0.717, 1.165) is 23.1 Å². The van der Waals surface area contributed by atoms with E-state index < -0.39 is 5.54 Å². The predicted molar refractivity (Wildman–Crippen MR) is 124 cm³/mol. The summed E-state index contributed by atoms with van der Waals surface area (Å²) < 4.78 is 0. The summed E-state index contributed by atoms with van der Waals surface area (Å²) >= 11 is 6.26. The monoisotopic (exact) mass is 432 g/mol. The zero-order chi connectivity index (χ0) is 22.2. The average molecular weight is 433 g/mol. The fraction of sp³-hybridized carbons (Fsp3) is 0.231. The molecule has 0 aromatic heterocycles. The molecule has 1 saturated heterocycles. The zero-order valence-corrected chi connectivity index (χ0v) is 18.7. The molecule has 1 aliphatic rings. The van der Waals surface area contributed by atoms with E-state index in [1.165, 1.54) is 10.5 Å². The Morgan fingerprint density at radius 3 is 2.19 bits per heavy atom. The van der Waals surface area contributed by atoms with Crippen LogP contribution in [0.3, 0.4) is 0 Å². The summed E-state index contributed by atoms with van der Waals surface area (Å²) in [4.78, 5) is 29.5. The first kappa shape index (κ1) is 21.1. The fourth-order valence-corrected chi connectivity index (χ4v) is 4.09. The fourth-order valence-electron chi connectivity index (χ4n) is 3.92. The van der Waals surface area contributed by atoms with Gasteiger partial charge < -0.3 is 4.90 Å². The highest BCUT2D eigenvalue weighted by Crippen LogP contribution is 2.35. The zero-order valence-electron chi connectivity index (χ0n) is 17.9. The van der Waals surface area contributed by atoms with Gasteiger partial charge in [-0.1, -0.05) is 72.3 Å². The Bertz CT molecular complexity index is 1140. The number of hydrogen-bond acceptors (Lipinski definition) is 2. The summed E-state index contributed by atoms with van der Waals surface area (Å²) in [6.45, 7) is 5.84. The van der Waals surface area contributed by atoms with Gasteiger partial charge in [0.25, 0.3) is 5.91 Å². The van der Waals surface area contributed by atoms with Crippen LogP contribution in [0.4, 0.5) is 10.5 Å². The van der Waals surface area contributed by atoms with Gasteiger partial charge in [0.15, 0.2) is 0 Å². The van der Waals surface area contributed by atoms with Crippen LogP contribution in [0.1, 0.15) is 36.1 Å². The minimum Gasteiger partial charge on any atom is -0.305 e. The lowest BCUT2D eigenvalue weighted by Gasteiger charge is -2.28. The molecule has 3 amide bonds. The Labute approximate surface area is 188 Å². The Balaban J connectivity index is 1.65. The van der Waals surface area contributed by atoms with Crippen molar-refractivity contribution in [3.8, 4) is 0 Å². The number of hydrogen-bond donors (Lipinski definition) is 0. The van der Waals surface area contributed by atoms with E-state index >= 15 is 0 Å². The lowest BCUT2D eigenvalue weighted by atomic mass is 9.97. The molecule has 0 bridgehead atoms. The molecule has 1 aliphatic heterocycles. The summed E-state index contributed by atoms with van der Waals surface area (Å²) in [5.74, 6) is -0.252. The third kappa shape index (κ3) is 3.96. The van der Waals surface area contributed by atoms with E-state index in [2.05, 4.69) is 18.2 Å². The van der Waals surface area contributed by atoms with Crippen LogP contribution >= 0.6 is 11.6 Å². The van der Waals surface area contributed by atoms with Gasteiger partial charge >= 0.3 is 6.03 Å². The van der Waals surface area contributed by atoms with Crippen molar-refractivity contribution < 1.29 is 9.59 Å². The standard InChI is InChI=1S/C26H25ClN2O2/c1-18-13-14-22(16-23(18)27)29-24(30)26(2,3)28(25(29)31)17-21-12-8-7-11-20(21)15-19-9-5-4-6-10-19/h4-14,16H,15,17H2,1-3H3. The molecule has 158 valence electrons. The summed E-state index contributed by atoms with van der Waals surface area (Å²) in [6, 6.07) is 23.2. The molecule has 0 N–H and O–H groups in total. The number of rotatable bonds is 5. The Kier molecular flexibility index (Phi) is 5.59. The maximum absolute atomic E-state index is 13.4. The maximum atomic E-state index is 13.4. The van der Waals surface area contributed by atoms with Gasteiger partial charge in [-0.25, -0.2) is 9.69 Å². The van der Waals surface area contributed by atoms with Crippen molar-refractivity contribution in [2.24, 2.45) is 0 Å². The number of urea groups is 1. The highest BCUT2D eigenvalue weighted by atomic mass is 35.5. The number of carbonyl (C=O) groups is 2. The van der Waals surface area contributed by atoms with Gasteiger partial charge in [0.2, 0.25) is 0 Å². The highest BCUT2D eigenvalue weighted by Gasteiger charge is 2.51. The highest BCUT2D eigenvalue weighted by molar-refractivity contribution is 6.32. The van der Waals surface area contributed by atoms with E-state index in [4.69, 9.17) is 11.6 Å². The molecule has 0 radical (unpaired) electrons. The number of nitrogens with zero attached hydrogens (tertiary/aromatic N) is 2. The minimum atomic E-state index is -0.964. The lowest BCUT2D eigenvalue weighted by molar-refractivity contribution is -0.123. The van der Waals surface area contributed by atoms with E-state index in [1.807, 2.05) is 49.4 Å². The molecule has 5 heteroatoms. The number of imide groups is 1. The third-order valence-electron chi connectivity index (χ3n) is 5.92. The van der Waals surface area contributed by atoms with Crippen molar-refractivity contribution in [3.63, 3.8) is 0 Å². The predicted octanol–water partition coefficient (Wildman–Crippen LogP) is 5.99. The minimum absolute atomic E-state index is 0.252. The first-order valence-corrected chi connectivity index (χ1v) is 10.7. The number of benzene rings is 3. The molecule has 1 fully saturated rings. The second-order valence-electron chi connectivity index (χ2n) is 8.43. The molecular formula is C26H25ClN2O2. The SMILES string of the molecule is Cc1ccc(N2C(=O)N(Cc3ccccc3Cc3ccccc3)C(C)(C)C2=O)cc1Cl. The third-order valence-corrected chi connectivity index (χ3v) is 6.33. The largest absolute Gasteiger partial charge is 0.332 e. The topological polar surface area (TPSA) is 40.6 Å². The summed E-state index contributed by atoms with van der Waals surface area (Å²) in [5.41, 5.74) is 3.81. The second kappa shape index (κ2) is 8.20. The van der Waals surface area contributed by atoms with Crippen LogP contribution in [0.15, 0.2) is 72.8 Å². The Hall–Kier alpha value is -3.11. The molecule has 3 aromatic rings. The first-order chi connectivity index (χ1) is 14.8. The van der Waals surface area contributed by atoms with Crippen LogP contribution in [-0.2, 0) is 17.8 Å².